The zero-order chi connectivity index (χ0) is 82.9. The number of fused-ring (bicyclic) bond motifs is 4. The third-order valence-corrected chi connectivity index (χ3v) is 38.7. The maximum Gasteiger partial charge on any atom is 0.302 e. The van der Waals surface area contributed by atoms with Crippen molar-refractivity contribution in [2.24, 2.45) is 100 Å². The number of ether oxygens (including phenoxy) is 2. The molecule has 0 amide bonds. The molecule has 114 heavy (non-hydrogen) atoms. The number of aliphatic hydroxyl groups is 4. The van der Waals surface area contributed by atoms with Crippen LogP contribution in [0.3, 0.4) is 0 Å². The number of carboxylic acid groups (broad SMARTS) is 1. The van der Waals surface area contributed by atoms with Crippen LogP contribution in [-0.2, 0) is 28.7 Å². The second-order valence-electron chi connectivity index (χ2n) is 44.3. The first-order valence-electron chi connectivity index (χ1n) is 47.3. The van der Waals surface area contributed by atoms with Gasteiger partial charge in [-0.2, -0.15) is 0 Å². The lowest BCUT2D eigenvalue weighted by atomic mass is 9.48. The molecule has 4 unspecified atom stereocenters. The highest BCUT2D eigenvalue weighted by Crippen LogP contribution is 2.73. The molecule has 15 fully saturated rings. The number of nitrogens with zero attached hydrogens (tertiary/aromatic N) is 3. The van der Waals surface area contributed by atoms with Crippen LogP contribution in [0, 0.1) is 100 Å². The third kappa shape index (κ3) is 18.2. The van der Waals surface area contributed by atoms with Gasteiger partial charge in [0.1, 0.15) is 18.5 Å². The van der Waals surface area contributed by atoms with Crippen LogP contribution in [0.25, 0.3) is 0 Å². The highest BCUT2D eigenvalue weighted by Gasteiger charge is 2.65. The molecule has 0 spiro atoms. The quantitative estimate of drug-likeness (QED) is 0.0524. The molecule has 14 heteroatoms. The molecule has 24 atom stereocenters. The summed E-state index contributed by atoms with van der Waals surface area (Å²) in [6, 6.07) is 0. The predicted octanol–water partition coefficient (Wildman–Crippen LogP) is 21.0. The van der Waals surface area contributed by atoms with Crippen molar-refractivity contribution in [3.05, 3.63) is 48.6 Å². The molecule has 12 aliphatic carbocycles. The predicted molar refractivity (Wildman–Crippen MR) is 461 cm³/mol. The maximum absolute atomic E-state index is 11.9. The molecular weight excluding hydrogens is 1420 g/mol. The fraction of sp³-hybridized carbons (Fsp3) is 0.880. The minimum absolute atomic E-state index is 0.0102. The summed E-state index contributed by atoms with van der Waals surface area (Å²) in [5.41, 5.74) is 8.12. The largest absolute Gasteiger partial charge is 0.481 e. The fourth-order valence-electron chi connectivity index (χ4n) is 29.1. The van der Waals surface area contributed by atoms with Crippen molar-refractivity contribution in [1.82, 2.24) is 14.7 Å². The van der Waals surface area contributed by atoms with Gasteiger partial charge in [0.25, 0.3) is 5.97 Å². The van der Waals surface area contributed by atoms with E-state index in [9.17, 15) is 34.8 Å². The van der Waals surface area contributed by atoms with Gasteiger partial charge in [0.2, 0.25) is 0 Å². The van der Waals surface area contributed by atoms with E-state index in [4.69, 9.17) is 19.4 Å². The molecule has 3 heterocycles. The standard InChI is InChI=1S/C27H45NO2.2C24H41NO2.C23H36O3.C2H4O2/c1-20-8-11-25(4,24(18-20)30-22(3)29)23-10-12-26(5)21(2)9-13-27(26,19-23)14-17-28-15-6-7-16-28;2*1-18-6-11-24(12-15-25-13-4-5-14-25)17-19(7-10-23(18,24)3)22(2)9-8-20(26)16-21(22)27;1-16-6-9-21(4,20(14-16)26-18(3)25)19-8-10-22(5)17(2)7-11-23(22,15-19)12-13-24;1-2(3)4/h20,23-24H,2,6-19H2,1,3-5H3;2*19-21,26-27H,1,4-17H2,2-3H3;13,16,19-20H,2,6-12,14-15H2,1,3-5H3;1H3,(H,3,4)/t20-,23?,24-,25+,26+,27+;2*19?,20-,21-,22+,23+,24+;16-,19?,20-,21+,22+,23+;/m0000./s1. The summed E-state index contributed by atoms with van der Waals surface area (Å²) in [5, 5.41) is 49.3. The molecule has 15 aliphatic rings. The lowest BCUT2D eigenvalue weighted by Gasteiger charge is -2.57. The molecule has 3 saturated heterocycles. The van der Waals surface area contributed by atoms with Crippen LogP contribution in [0.15, 0.2) is 48.6 Å². The Morgan fingerprint density at radius 2 is 0.658 bits per heavy atom. The molecule has 0 aromatic rings. The van der Waals surface area contributed by atoms with E-state index in [0.29, 0.717) is 87.3 Å². The van der Waals surface area contributed by atoms with E-state index in [-0.39, 0.29) is 81.1 Å². The topological polar surface area (TPSA) is 198 Å². The Morgan fingerprint density at radius 3 is 0.939 bits per heavy atom. The molecule has 15 rings (SSSR count). The molecule has 5 N–H and O–H groups in total. The number of carbonyl (C=O) groups excluding carboxylic acids is 3. The summed E-state index contributed by atoms with van der Waals surface area (Å²) >= 11 is 0. The first-order valence-corrected chi connectivity index (χ1v) is 47.3. The number of aliphatic carboxylic acids is 1. The van der Waals surface area contributed by atoms with Gasteiger partial charge in [-0.15, -0.1) is 0 Å². The van der Waals surface area contributed by atoms with Crippen LogP contribution >= 0.6 is 0 Å². The Morgan fingerprint density at radius 1 is 0.395 bits per heavy atom. The van der Waals surface area contributed by atoms with Crippen molar-refractivity contribution in [1.29, 1.82) is 0 Å². The first-order chi connectivity index (χ1) is 53.7. The number of allylic oxidation sites excluding steroid dienone is 4. The second kappa shape index (κ2) is 36.4. The summed E-state index contributed by atoms with van der Waals surface area (Å²) < 4.78 is 11.9. The number of hydrogen-bond donors (Lipinski definition) is 5. The van der Waals surface area contributed by atoms with Gasteiger partial charge in [-0.05, 0) is 412 Å². The van der Waals surface area contributed by atoms with E-state index in [2.05, 4.69) is 110 Å². The number of carboxylic acids is 1. The smallest absolute Gasteiger partial charge is 0.302 e. The van der Waals surface area contributed by atoms with E-state index in [0.717, 1.165) is 90.3 Å². The van der Waals surface area contributed by atoms with Crippen molar-refractivity contribution in [3.63, 3.8) is 0 Å². The first kappa shape index (κ1) is 91.5. The Hall–Kier alpha value is -3.24. The van der Waals surface area contributed by atoms with Gasteiger partial charge in [-0.25, -0.2) is 0 Å². The van der Waals surface area contributed by atoms with Crippen LogP contribution < -0.4 is 0 Å². The molecule has 0 bridgehead atoms. The number of carbonyl (C=O) groups is 4. The van der Waals surface area contributed by atoms with Gasteiger partial charge in [0.15, 0.2) is 0 Å². The highest BCUT2D eigenvalue weighted by molar-refractivity contribution is 5.66. The van der Waals surface area contributed by atoms with Crippen molar-refractivity contribution in [3.8, 4) is 0 Å². The van der Waals surface area contributed by atoms with E-state index < -0.39 is 5.97 Å². The van der Waals surface area contributed by atoms with Crippen LogP contribution in [0.1, 0.15) is 360 Å². The summed E-state index contributed by atoms with van der Waals surface area (Å²) in [4.78, 5) is 52.3. The molecule has 12 saturated carbocycles. The number of rotatable bonds is 17. The summed E-state index contributed by atoms with van der Waals surface area (Å²) in [7, 11) is 0. The summed E-state index contributed by atoms with van der Waals surface area (Å²) in [6.45, 7) is 57.6. The minimum Gasteiger partial charge on any atom is -0.481 e. The number of esters is 2. The minimum atomic E-state index is -0.833. The van der Waals surface area contributed by atoms with Gasteiger partial charge < -0.3 is 54.5 Å². The third-order valence-electron chi connectivity index (χ3n) is 38.7. The highest BCUT2D eigenvalue weighted by atomic mass is 16.5. The average Bonchev–Trinajstić information content (AvgIpc) is 1.53. The number of likely N-dealkylation sites (tertiary alicyclic amines) is 3. The van der Waals surface area contributed by atoms with Crippen molar-refractivity contribution < 1.29 is 54.2 Å². The Labute approximate surface area is 693 Å². The lowest BCUT2D eigenvalue weighted by Crippen LogP contribution is -2.52. The zero-order valence-electron chi connectivity index (χ0n) is 74.9. The van der Waals surface area contributed by atoms with E-state index >= 15 is 0 Å². The molecule has 3 aliphatic heterocycles. The van der Waals surface area contributed by atoms with E-state index in [1.807, 2.05) is 0 Å². The number of hydrogen-bond acceptors (Lipinski definition) is 13. The van der Waals surface area contributed by atoms with Crippen LogP contribution in [-0.4, -0.2) is 160 Å². The molecule has 0 aromatic heterocycles. The van der Waals surface area contributed by atoms with Gasteiger partial charge in [-0.3, -0.25) is 14.4 Å². The fourth-order valence-corrected chi connectivity index (χ4v) is 29.1. The number of aliphatic hydroxyl groups excluding tert-OH is 4. The van der Waals surface area contributed by atoms with Crippen LogP contribution in [0.4, 0.5) is 0 Å². The lowest BCUT2D eigenvalue weighted by molar-refractivity contribution is -0.168. The normalized spacial score (nSPS) is 45.6. The van der Waals surface area contributed by atoms with Gasteiger partial charge >= 0.3 is 11.9 Å². The van der Waals surface area contributed by atoms with Crippen molar-refractivity contribution in [2.75, 3.05) is 58.9 Å². The average molecular weight is 1590 g/mol. The molecule has 0 aromatic carbocycles. The molecule has 648 valence electrons. The van der Waals surface area contributed by atoms with E-state index in [1.54, 1.807) is 6.92 Å². The molecular formula is C100H167N3O11. The van der Waals surface area contributed by atoms with E-state index in [1.165, 1.54) is 261 Å². The van der Waals surface area contributed by atoms with Crippen LogP contribution in [0.5, 0.6) is 0 Å². The summed E-state index contributed by atoms with van der Waals surface area (Å²) in [5.74, 6) is 2.51. The van der Waals surface area contributed by atoms with Gasteiger partial charge in [-0.1, -0.05) is 118 Å². The molecule has 14 nitrogen and oxygen atoms in total. The van der Waals surface area contributed by atoms with Crippen molar-refractivity contribution in [2.45, 2.75) is 396 Å². The Bertz CT molecular complexity index is 3250. The zero-order valence-corrected chi connectivity index (χ0v) is 74.9. The van der Waals surface area contributed by atoms with Crippen molar-refractivity contribution >= 4 is 24.2 Å². The SMILES string of the molecule is C=C1CC[C@@]2(CC=O)CC([C@@]3(C)CC[C@H](C)C[C@@H]3OC(C)=O)CC[C@]12C.C=C1CC[C@@]2(CCN3CCCC3)CC([C@@]3(C)CC[C@H](C)C[C@@H]3OC(C)=O)CC[C@]12C.C=C1CC[C@@]2(CCN3CCCC3)CC([C@@]3(C)CC[C@H](O)C[C@@H]3O)CC[C@]12C.C=C1CC[C@@]2(CCN3CCCC3)CC([C@@]3(C)CC[C@H](O)C[C@@H]3O)CC[C@]12C.CC(=O)O. The van der Waals surface area contributed by atoms with Crippen LogP contribution in [0.2, 0.25) is 0 Å². The van der Waals surface area contributed by atoms with Gasteiger partial charge in [0, 0.05) is 38.0 Å². The monoisotopic (exact) mass is 1590 g/mol. The Kier molecular flexibility index (Phi) is 29.2. The molecule has 0 radical (unpaired) electrons. The summed E-state index contributed by atoms with van der Waals surface area (Å²) in [6.07, 6.45) is 48.5. The number of aldehydes is 1. The maximum atomic E-state index is 11.9. The van der Waals surface area contributed by atoms with Gasteiger partial charge in [0.05, 0.1) is 24.4 Å². The second-order valence-corrected chi connectivity index (χ2v) is 44.3. The Balaban J connectivity index is 0.000000148.